The Hall–Kier alpha value is -3.42. The van der Waals surface area contributed by atoms with Crippen LogP contribution in [0.15, 0.2) is 47.2 Å². The molecule has 4 rings (SSSR count). The van der Waals surface area contributed by atoms with E-state index in [1.807, 2.05) is 17.0 Å². The number of piperidine rings is 1. The first-order valence-electron chi connectivity index (χ1n) is 9.45. The largest absolute Gasteiger partial charge is 0.493 e. The molecule has 1 amide bonds. The molecule has 0 saturated carbocycles. The second kappa shape index (κ2) is 8.30. The van der Waals surface area contributed by atoms with Crippen LogP contribution in [0, 0.1) is 0 Å². The van der Waals surface area contributed by atoms with E-state index in [1.165, 1.54) is 0 Å². The van der Waals surface area contributed by atoms with Gasteiger partial charge in [0.1, 0.15) is 0 Å². The predicted molar refractivity (Wildman–Crippen MR) is 105 cm³/mol. The zero-order valence-electron chi connectivity index (χ0n) is 16.4. The van der Waals surface area contributed by atoms with E-state index >= 15 is 0 Å². The van der Waals surface area contributed by atoms with Crippen molar-refractivity contribution in [3.63, 3.8) is 0 Å². The van der Waals surface area contributed by atoms with E-state index in [2.05, 4.69) is 15.1 Å². The van der Waals surface area contributed by atoms with Crippen LogP contribution in [-0.4, -0.2) is 53.2 Å². The van der Waals surface area contributed by atoms with Gasteiger partial charge < -0.3 is 18.9 Å². The molecule has 0 spiro atoms. The van der Waals surface area contributed by atoms with Gasteiger partial charge in [-0.25, -0.2) is 0 Å². The molecule has 150 valence electrons. The summed E-state index contributed by atoms with van der Waals surface area (Å²) in [4.78, 5) is 23.3. The first-order valence-corrected chi connectivity index (χ1v) is 9.45. The van der Waals surface area contributed by atoms with Gasteiger partial charge >= 0.3 is 0 Å². The number of ether oxygens (including phenoxy) is 2. The molecule has 1 aliphatic heterocycles. The first-order chi connectivity index (χ1) is 14.2. The van der Waals surface area contributed by atoms with Gasteiger partial charge in [0.2, 0.25) is 0 Å². The van der Waals surface area contributed by atoms with Crippen molar-refractivity contribution < 1.29 is 18.8 Å². The van der Waals surface area contributed by atoms with Crippen LogP contribution < -0.4 is 9.47 Å². The molecule has 29 heavy (non-hydrogen) atoms. The maximum absolute atomic E-state index is 12.9. The van der Waals surface area contributed by atoms with Crippen LogP contribution >= 0.6 is 0 Å². The maximum atomic E-state index is 12.9. The third kappa shape index (κ3) is 3.91. The van der Waals surface area contributed by atoms with Crippen molar-refractivity contribution in [3.8, 4) is 23.0 Å². The normalized spacial score (nSPS) is 14.6. The number of benzene rings is 1. The maximum Gasteiger partial charge on any atom is 0.258 e. The molecule has 1 aliphatic rings. The SMILES string of the molecule is COc1ccc(C(=O)N2CCC(c3noc(-c4ccncc4)n3)CC2)cc1OC. The van der Waals surface area contributed by atoms with E-state index < -0.39 is 0 Å². The highest BCUT2D eigenvalue weighted by Gasteiger charge is 2.28. The second-order valence-electron chi connectivity index (χ2n) is 6.83. The molecule has 0 unspecified atom stereocenters. The van der Waals surface area contributed by atoms with Crippen LogP contribution in [-0.2, 0) is 0 Å². The van der Waals surface area contributed by atoms with Gasteiger partial charge in [-0.3, -0.25) is 9.78 Å². The molecule has 1 fully saturated rings. The number of pyridine rings is 1. The highest BCUT2D eigenvalue weighted by Crippen LogP contribution is 2.31. The smallest absolute Gasteiger partial charge is 0.258 e. The third-order valence-corrected chi connectivity index (χ3v) is 5.15. The summed E-state index contributed by atoms with van der Waals surface area (Å²) in [6.45, 7) is 1.27. The van der Waals surface area contributed by atoms with Crippen molar-refractivity contribution >= 4 is 5.91 Å². The monoisotopic (exact) mass is 394 g/mol. The number of rotatable bonds is 5. The minimum atomic E-state index is -0.0185. The Morgan fingerprint density at radius 2 is 1.79 bits per heavy atom. The minimum absolute atomic E-state index is 0.0185. The van der Waals surface area contributed by atoms with Crippen molar-refractivity contribution in [2.24, 2.45) is 0 Å². The Kier molecular flexibility index (Phi) is 5.41. The van der Waals surface area contributed by atoms with Gasteiger partial charge in [0.25, 0.3) is 11.8 Å². The Morgan fingerprint density at radius 3 is 2.48 bits per heavy atom. The standard InChI is InChI=1S/C21H22N4O4/c1-27-17-4-3-16(13-18(17)28-2)21(26)25-11-7-14(8-12-25)19-23-20(29-24-19)15-5-9-22-10-6-15/h3-6,9-10,13-14H,7-8,11-12H2,1-2H3. The van der Waals surface area contributed by atoms with Crippen LogP contribution in [0.3, 0.4) is 0 Å². The molecule has 8 nitrogen and oxygen atoms in total. The predicted octanol–water partition coefficient (Wildman–Crippen LogP) is 3.17. The quantitative estimate of drug-likeness (QED) is 0.656. The van der Waals surface area contributed by atoms with Gasteiger partial charge in [0, 0.05) is 42.5 Å². The average Bonchev–Trinajstić information content (AvgIpc) is 3.29. The fourth-order valence-electron chi connectivity index (χ4n) is 3.51. The van der Waals surface area contributed by atoms with Crippen LogP contribution in [0.1, 0.15) is 34.9 Å². The molecular formula is C21H22N4O4. The zero-order valence-corrected chi connectivity index (χ0v) is 16.4. The summed E-state index contributed by atoms with van der Waals surface area (Å²) in [6, 6.07) is 8.89. The molecule has 8 heteroatoms. The van der Waals surface area contributed by atoms with E-state index in [9.17, 15) is 4.79 Å². The summed E-state index contributed by atoms with van der Waals surface area (Å²) in [6.07, 6.45) is 4.96. The van der Waals surface area contributed by atoms with Crippen molar-refractivity contribution in [2.45, 2.75) is 18.8 Å². The van der Waals surface area contributed by atoms with Crippen molar-refractivity contribution in [3.05, 3.63) is 54.1 Å². The number of carbonyl (C=O) groups excluding carboxylic acids is 1. The van der Waals surface area contributed by atoms with Gasteiger partial charge in [0.15, 0.2) is 17.3 Å². The first kappa shape index (κ1) is 18.9. The molecule has 0 aliphatic carbocycles. The summed E-state index contributed by atoms with van der Waals surface area (Å²) in [5.41, 5.74) is 1.43. The lowest BCUT2D eigenvalue weighted by molar-refractivity contribution is 0.0710. The second-order valence-corrected chi connectivity index (χ2v) is 6.83. The number of amides is 1. The van der Waals surface area contributed by atoms with Crippen LogP contribution in [0.5, 0.6) is 11.5 Å². The number of hydrogen-bond donors (Lipinski definition) is 0. The van der Waals surface area contributed by atoms with Crippen molar-refractivity contribution in [1.82, 2.24) is 20.0 Å². The fourth-order valence-corrected chi connectivity index (χ4v) is 3.51. The molecule has 1 aromatic carbocycles. The van der Waals surface area contributed by atoms with Crippen LogP contribution in [0.4, 0.5) is 0 Å². The van der Waals surface area contributed by atoms with Gasteiger partial charge in [-0.1, -0.05) is 5.16 Å². The lowest BCUT2D eigenvalue weighted by Gasteiger charge is -2.30. The Balaban J connectivity index is 1.41. The summed E-state index contributed by atoms with van der Waals surface area (Å²) < 4.78 is 15.9. The highest BCUT2D eigenvalue weighted by atomic mass is 16.5. The Bertz CT molecular complexity index is 981. The number of methoxy groups -OCH3 is 2. The number of likely N-dealkylation sites (tertiary alicyclic amines) is 1. The van der Waals surface area contributed by atoms with E-state index in [0.29, 0.717) is 41.9 Å². The lowest BCUT2D eigenvalue weighted by Crippen LogP contribution is -2.38. The number of aromatic nitrogens is 3. The van der Waals surface area contributed by atoms with Crippen molar-refractivity contribution in [1.29, 1.82) is 0 Å². The van der Waals surface area contributed by atoms with E-state index in [0.717, 1.165) is 18.4 Å². The highest BCUT2D eigenvalue weighted by molar-refractivity contribution is 5.95. The average molecular weight is 394 g/mol. The molecule has 0 bridgehead atoms. The third-order valence-electron chi connectivity index (χ3n) is 5.15. The molecule has 0 atom stereocenters. The molecule has 0 radical (unpaired) electrons. The van der Waals surface area contributed by atoms with Gasteiger partial charge in [0.05, 0.1) is 14.2 Å². The van der Waals surface area contributed by atoms with E-state index in [-0.39, 0.29) is 11.8 Å². The summed E-state index contributed by atoms with van der Waals surface area (Å²) in [7, 11) is 3.13. The van der Waals surface area contributed by atoms with E-state index in [1.54, 1.807) is 44.8 Å². The minimum Gasteiger partial charge on any atom is -0.493 e. The number of nitrogens with zero attached hydrogens (tertiary/aromatic N) is 4. The molecule has 3 aromatic rings. The Labute approximate surface area is 168 Å². The number of hydrogen-bond acceptors (Lipinski definition) is 7. The molecule has 2 aromatic heterocycles. The summed E-state index contributed by atoms with van der Waals surface area (Å²) in [5, 5.41) is 4.15. The summed E-state index contributed by atoms with van der Waals surface area (Å²) in [5.74, 6) is 2.48. The van der Waals surface area contributed by atoms with E-state index in [4.69, 9.17) is 14.0 Å². The van der Waals surface area contributed by atoms with Crippen LogP contribution in [0.2, 0.25) is 0 Å². The summed E-state index contributed by atoms with van der Waals surface area (Å²) >= 11 is 0. The topological polar surface area (TPSA) is 90.6 Å². The van der Waals surface area contributed by atoms with Gasteiger partial charge in [-0.05, 0) is 43.2 Å². The van der Waals surface area contributed by atoms with Gasteiger partial charge in [-0.2, -0.15) is 4.98 Å². The fraction of sp³-hybridized carbons (Fsp3) is 0.333. The Morgan fingerprint density at radius 1 is 1.07 bits per heavy atom. The molecule has 3 heterocycles. The van der Waals surface area contributed by atoms with Crippen molar-refractivity contribution in [2.75, 3.05) is 27.3 Å². The number of carbonyl (C=O) groups is 1. The molecule has 0 N–H and O–H groups in total. The van der Waals surface area contributed by atoms with Crippen LogP contribution in [0.25, 0.3) is 11.5 Å². The lowest BCUT2D eigenvalue weighted by atomic mass is 9.95. The molecular weight excluding hydrogens is 372 g/mol. The molecule has 1 saturated heterocycles. The van der Waals surface area contributed by atoms with Gasteiger partial charge in [-0.15, -0.1) is 0 Å². The zero-order chi connectivity index (χ0) is 20.2.